The largest absolute Gasteiger partial charge is 0.500 e. The van der Waals surface area contributed by atoms with Gasteiger partial charge in [0.15, 0.2) is 5.65 Å². The van der Waals surface area contributed by atoms with E-state index in [0.717, 1.165) is 72.3 Å². The number of furan rings is 1. The van der Waals surface area contributed by atoms with Gasteiger partial charge in [-0.15, -0.1) is 54.1 Å². The maximum atomic E-state index is 6.61. The Kier molecular flexibility index (Phi) is 8.68. The van der Waals surface area contributed by atoms with Gasteiger partial charge < -0.3 is 14.0 Å². The van der Waals surface area contributed by atoms with Crippen LogP contribution in [0.25, 0.3) is 72.2 Å². The van der Waals surface area contributed by atoms with Gasteiger partial charge in [-0.05, 0) is 41.4 Å². The van der Waals surface area contributed by atoms with Crippen LogP contribution in [-0.2, 0) is 25.5 Å². The van der Waals surface area contributed by atoms with Gasteiger partial charge in [0, 0.05) is 53.9 Å². The van der Waals surface area contributed by atoms with Gasteiger partial charge in [-0.1, -0.05) is 98.5 Å². The molecule has 1 radical (unpaired) electrons. The number of rotatable bonds is 3. The molecule has 0 amide bonds. The minimum atomic E-state index is -0.0726. The van der Waals surface area contributed by atoms with E-state index in [0.29, 0.717) is 5.65 Å². The van der Waals surface area contributed by atoms with Gasteiger partial charge in [0.1, 0.15) is 5.58 Å². The summed E-state index contributed by atoms with van der Waals surface area (Å²) in [5.74, 6) is 0.767. The Balaban J connectivity index is 0.000000246. The van der Waals surface area contributed by atoms with Crippen LogP contribution in [-0.4, -0.2) is 19.5 Å². The summed E-state index contributed by atoms with van der Waals surface area (Å²) in [5, 5.41) is 4.41. The molecule has 0 unspecified atom stereocenters. The number of para-hydroxylation sites is 1. The van der Waals surface area contributed by atoms with E-state index in [1.165, 1.54) is 0 Å². The Labute approximate surface area is 298 Å². The summed E-state index contributed by atoms with van der Waals surface area (Å²) < 4.78 is 8.77. The molecule has 0 spiro atoms. The summed E-state index contributed by atoms with van der Waals surface area (Å²) in [4.78, 5) is 14.3. The average molecular weight is 813 g/mol. The summed E-state index contributed by atoms with van der Waals surface area (Å²) >= 11 is 0. The van der Waals surface area contributed by atoms with Gasteiger partial charge in [-0.25, -0.2) is 4.98 Å². The summed E-state index contributed by atoms with van der Waals surface area (Å²) in [5.41, 5.74) is 8.14. The minimum Gasteiger partial charge on any atom is -0.500 e. The monoisotopic (exact) mass is 813 g/mol. The molecule has 0 aliphatic rings. The SMILES string of the molecule is CC(C)(C)c1ccc2c(n1)nc(-c1[c-]ccc3c1oc1c4ccccc4ccc31)n2-c1ccccc1.[Ir].[c-]1ccccc1-c1ccccn1. The first-order valence-corrected chi connectivity index (χ1v) is 16.0. The Morgan fingerprint density at radius 2 is 1.41 bits per heavy atom. The molecule has 0 saturated heterocycles. The molecule has 0 atom stereocenters. The molecular weight excluding hydrogens is 781 g/mol. The quantitative estimate of drug-likeness (QED) is 0.167. The fourth-order valence-corrected chi connectivity index (χ4v) is 6.10. The summed E-state index contributed by atoms with van der Waals surface area (Å²) in [6.45, 7) is 6.51. The summed E-state index contributed by atoms with van der Waals surface area (Å²) in [6, 6.07) is 51.4. The number of benzene rings is 5. The second-order valence-corrected chi connectivity index (χ2v) is 12.7. The third-order valence-electron chi connectivity index (χ3n) is 8.50. The number of hydrogen-bond acceptors (Lipinski definition) is 4. The Morgan fingerprint density at radius 3 is 2.18 bits per heavy atom. The van der Waals surface area contributed by atoms with Crippen molar-refractivity contribution >= 4 is 43.9 Å². The van der Waals surface area contributed by atoms with Gasteiger partial charge in [-0.2, -0.15) is 0 Å². The van der Waals surface area contributed by atoms with Crippen LogP contribution in [0, 0.1) is 12.1 Å². The van der Waals surface area contributed by atoms with E-state index in [2.05, 4.69) is 109 Å². The number of hydrogen-bond donors (Lipinski definition) is 0. The number of pyridine rings is 2. The Bertz CT molecular complexity index is 2500. The molecule has 241 valence electrons. The first-order valence-electron chi connectivity index (χ1n) is 16.0. The van der Waals surface area contributed by atoms with Crippen molar-refractivity contribution in [3.63, 3.8) is 0 Å². The molecule has 0 fully saturated rings. The molecule has 0 saturated carbocycles. The molecule has 5 nitrogen and oxygen atoms in total. The molecule has 4 heterocycles. The second-order valence-electron chi connectivity index (χ2n) is 12.7. The topological polar surface area (TPSA) is 56.7 Å². The molecule has 0 aliphatic heterocycles. The second kappa shape index (κ2) is 13.2. The normalized spacial score (nSPS) is 11.4. The van der Waals surface area contributed by atoms with Crippen LogP contribution < -0.4 is 0 Å². The average Bonchev–Trinajstić information content (AvgIpc) is 3.71. The van der Waals surface area contributed by atoms with Crippen molar-refractivity contribution in [2.24, 2.45) is 0 Å². The van der Waals surface area contributed by atoms with Gasteiger partial charge in [0.05, 0.1) is 16.9 Å². The fourth-order valence-electron chi connectivity index (χ4n) is 6.10. The third kappa shape index (κ3) is 6.06. The van der Waals surface area contributed by atoms with Crippen molar-refractivity contribution < 1.29 is 24.5 Å². The van der Waals surface area contributed by atoms with E-state index < -0.39 is 0 Å². The summed E-state index contributed by atoms with van der Waals surface area (Å²) in [7, 11) is 0. The molecule has 4 aromatic heterocycles. The van der Waals surface area contributed by atoms with Crippen LogP contribution in [0.1, 0.15) is 26.5 Å². The zero-order chi connectivity index (χ0) is 32.7. The van der Waals surface area contributed by atoms with Gasteiger partial charge >= 0.3 is 0 Å². The van der Waals surface area contributed by atoms with Crippen LogP contribution in [0.15, 0.2) is 144 Å². The summed E-state index contributed by atoms with van der Waals surface area (Å²) in [6.07, 6.45) is 1.79. The maximum absolute atomic E-state index is 6.61. The van der Waals surface area contributed by atoms with Crippen molar-refractivity contribution in [2.75, 3.05) is 0 Å². The zero-order valence-electron chi connectivity index (χ0n) is 27.3. The zero-order valence-corrected chi connectivity index (χ0v) is 29.7. The number of imidazole rings is 1. The molecule has 6 heteroatoms. The molecule has 49 heavy (non-hydrogen) atoms. The molecular formula is C43H32IrN4O-2. The number of nitrogens with zero attached hydrogens (tertiary/aromatic N) is 4. The van der Waals surface area contributed by atoms with E-state index >= 15 is 0 Å². The standard InChI is InChI=1S/C32H24N3O.C11H8N.Ir/c1-32(2,3)27-19-18-26-30(33-27)34-31(35(26)21-11-5-4-6-12-21)25-15-9-14-23-24-17-16-20-10-7-8-13-22(20)28(24)36-29(23)25;1-2-6-10(7-3-1)11-8-4-5-9-12-11;/h4-14,16-19H,1-3H3;1-6,8-9H;/q2*-1;. The predicted molar refractivity (Wildman–Crippen MR) is 195 cm³/mol. The third-order valence-corrected chi connectivity index (χ3v) is 8.50. The van der Waals surface area contributed by atoms with E-state index in [4.69, 9.17) is 14.4 Å². The van der Waals surface area contributed by atoms with E-state index in [9.17, 15) is 0 Å². The first-order chi connectivity index (χ1) is 23.5. The number of aromatic nitrogens is 4. The maximum Gasteiger partial charge on any atom is 0.168 e. The van der Waals surface area contributed by atoms with E-state index in [-0.39, 0.29) is 25.5 Å². The van der Waals surface area contributed by atoms with Gasteiger partial charge in [-0.3, -0.25) is 4.98 Å². The van der Waals surface area contributed by atoms with Crippen molar-refractivity contribution in [1.82, 2.24) is 19.5 Å². The van der Waals surface area contributed by atoms with Crippen molar-refractivity contribution in [3.8, 4) is 28.3 Å². The Hall–Kier alpha value is -5.42. The minimum absolute atomic E-state index is 0. The van der Waals surface area contributed by atoms with Gasteiger partial charge in [0.2, 0.25) is 0 Å². The van der Waals surface area contributed by atoms with Crippen LogP contribution in [0.3, 0.4) is 0 Å². The molecule has 9 rings (SSSR count). The fraction of sp³-hybridized carbons (Fsp3) is 0.0930. The first kappa shape index (κ1) is 32.1. The predicted octanol–water partition coefficient (Wildman–Crippen LogP) is 10.8. The van der Waals surface area contributed by atoms with Crippen LogP contribution >= 0.6 is 0 Å². The van der Waals surface area contributed by atoms with Crippen molar-refractivity contribution in [3.05, 3.63) is 157 Å². The van der Waals surface area contributed by atoms with Gasteiger partial charge in [0.25, 0.3) is 0 Å². The molecule has 0 aliphatic carbocycles. The van der Waals surface area contributed by atoms with Crippen LogP contribution in [0.2, 0.25) is 0 Å². The Morgan fingerprint density at radius 1 is 0.633 bits per heavy atom. The van der Waals surface area contributed by atoms with Crippen LogP contribution in [0.4, 0.5) is 0 Å². The van der Waals surface area contributed by atoms with E-state index in [1.807, 2.05) is 66.7 Å². The van der Waals surface area contributed by atoms with Crippen molar-refractivity contribution in [2.45, 2.75) is 26.2 Å². The van der Waals surface area contributed by atoms with Crippen LogP contribution in [0.5, 0.6) is 0 Å². The molecule has 0 bridgehead atoms. The molecule has 0 N–H and O–H groups in total. The van der Waals surface area contributed by atoms with E-state index in [1.54, 1.807) is 6.20 Å². The number of fused-ring (bicyclic) bond motifs is 6. The van der Waals surface area contributed by atoms with Crippen molar-refractivity contribution in [1.29, 1.82) is 0 Å². The molecule has 9 aromatic rings. The molecule has 5 aromatic carbocycles. The smallest absolute Gasteiger partial charge is 0.168 e.